The van der Waals surface area contributed by atoms with Crippen molar-refractivity contribution in [3.8, 4) is 11.5 Å². The van der Waals surface area contributed by atoms with Crippen LogP contribution in [0.3, 0.4) is 0 Å². The van der Waals surface area contributed by atoms with Gasteiger partial charge in [-0.25, -0.2) is 4.79 Å². The predicted molar refractivity (Wildman–Crippen MR) is 75.1 cm³/mol. The lowest BCUT2D eigenvalue weighted by Gasteiger charge is -2.11. The Bertz CT molecular complexity index is 592. The molecule has 0 spiro atoms. The van der Waals surface area contributed by atoms with Crippen LogP contribution in [0.1, 0.15) is 16.1 Å². The van der Waals surface area contributed by atoms with E-state index in [0.29, 0.717) is 11.5 Å². The van der Waals surface area contributed by atoms with Gasteiger partial charge >= 0.3 is 5.97 Å². The Morgan fingerprint density at radius 2 is 1.95 bits per heavy atom. The van der Waals surface area contributed by atoms with Crippen molar-refractivity contribution < 1.29 is 23.4 Å². The number of carbonyl (C=O) groups excluding carboxylic acids is 1. The van der Waals surface area contributed by atoms with Gasteiger partial charge in [-0.1, -0.05) is 15.9 Å². The molecule has 2 rings (SSSR count). The number of benzene rings is 1. The average molecular weight is 341 g/mol. The number of rotatable bonds is 5. The minimum atomic E-state index is -0.517. The molecule has 0 amide bonds. The molecule has 0 aliphatic carbocycles. The first-order chi connectivity index (χ1) is 9.65. The van der Waals surface area contributed by atoms with E-state index in [9.17, 15) is 4.79 Å². The molecule has 0 aliphatic rings. The van der Waals surface area contributed by atoms with Crippen LogP contribution in [0.25, 0.3) is 0 Å². The number of carbonyl (C=O) groups is 1. The van der Waals surface area contributed by atoms with Crippen molar-refractivity contribution in [2.75, 3.05) is 14.2 Å². The lowest BCUT2D eigenvalue weighted by Crippen LogP contribution is -2.05. The highest BCUT2D eigenvalue weighted by Gasteiger charge is 2.14. The molecule has 5 nitrogen and oxygen atoms in total. The fraction of sp³-hybridized carbons (Fsp3) is 0.214. The van der Waals surface area contributed by atoms with Crippen molar-refractivity contribution in [1.29, 1.82) is 0 Å². The Morgan fingerprint density at radius 1 is 1.25 bits per heavy atom. The van der Waals surface area contributed by atoms with E-state index in [-0.39, 0.29) is 12.4 Å². The fourth-order valence-electron chi connectivity index (χ4n) is 1.62. The van der Waals surface area contributed by atoms with Crippen LogP contribution < -0.4 is 9.47 Å². The van der Waals surface area contributed by atoms with Gasteiger partial charge in [0.05, 0.1) is 20.5 Å². The van der Waals surface area contributed by atoms with Crippen LogP contribution in [0, 0.1) is 0 Å². The summed E-state index contributed by atoms with van der Waals surface area (Å²) in [6.45, 7) is 0.0977. The van der Waals surface area contributed by atoms with Crippen LogP contribution in [0.15, 0.2) is 39.4 Å². The molecule has 0 radical (unpaired) electrons. The lowest BCUT2D eigenvalue weighted by molar-refractivity contribution is 0.0435. The molecule has 0 bridgehead atoms. The third-order valence-corrected chi connectivity index (χ3v) is 3.37. The van der Waals surface area contributed by atoms with Crippen molar-refractivity contribution in [3.05, 3.63) is 46.3 Å². The second kappa shape index (κ2) is 6.47. The van der Waals surface area contributed by atoms with Crippen molar-refractivity contribution in [2.45, 2.75) is 6.61 Å². The minimum Gasteiger partial charge on any atom is -0.493 e. The van der Waals surface area contributed by atoms with Gasteiger partial charge in [-0.2, -0.15) is 0 Å². The van der Waals surface area contributed by atoms with Crippen molar-refractivity contribution in [2.24, 2.45) is 0 Å². The number of furan rings is 1. The fourth-order valence-corrected chi connectivity index (χ4v) is 2.05. The summed E-state index contributed by atoms with van der Waals surface area (Å²) in [5.41, 5.74) is 0.766. The Labute approximate surface area is 124 Å². The number of ether oxygens (including phenoxy) is 3. The van der Waals surface area contributed by atoms with Gasteiger partial charge in [0.2, 0.25) is 5.76 Å². The topological polar surface area (TPSA) is 57.9 Å². The number of esters is 1. The molecular formula is C14H13BrO5. The zero-order valence-corrected chi connectivity index (χ0v) is 12.6. The van der Waals surface area contributed by atoms with E-state index in [1.807, 2.05) is 0 Å². The molecular weight excluding hydrogens is 328 g/mol. The van der Waals surface area contributed by atoms with Crippen LogP contribution in [-0.4, -0.2) is 20.2 Å². The molecule has 0 N–H and O–H groups in total. The third-order valence-electron chi connectivity index (χ3n) is 2.63. The molecule has 106 valence electrons. The van der Waals surface area contributed by atoms with Crippen LogP contribution in [0.2, 0.25) is 0 Å². The summed E-state index contributed by atoms with van der Waals surface area (Å²) in [6, 6.07) is 6.68. The third kappa shape index (κ3) is 3.14. The maximum absolute atomic E-state index is 11.7. The predicted octanol–water partition coefficient (Wildman–Crippen LogP) is 3.42. The first kappa shape index (κ1) is 14.5. The molecule has 0 saturated carbocycles. The Kier molecular flexibility index (Phi) is 4.68. The zero-order valence-electron chi connectivity index (χ0n) is 11.0. The highest BCUT2D eigenvalue weighted by atomic mass is 79.9. The average Bonchev–Trinajstić information content (AvgIpc) is 2.99. The van der Waals surface area contributed by atoms with Crippen LogP contribution in [0.5, 0.6) is 11.5 Å². The van der Waals surface area contributed by atoms with E-state index in [1.165, 1.54) is 6.26 Å². The van der Waals surface area contributed by atoms with Crippen molar-refractivity contribution >= 4 is 21.9 Å². The number of hydrogen-bond acceptors (Lipinski definition) is 5. The molecule has 0 aliphatic heterocycles. The maximum atomic E-state index is 11.7. The van der Waals surface area contributed by atoms with E-state index in [4.69, 9.17) is 18.6 Å². The molecule has 0 unspecified atom stereocenters. The quantitative estimate of drug-likeness (QED) is 0.780. The van der Waals surface area contributed by atoms with Crippen LogP contribution >= 0.6 is 15.9 Å². The summed E-state index contributed by atoms with van der Waals surface area (Å²) in [5.74, 6) is 0.818. The highest BCUT2D eigenvalue weighted by Crippen LogP contribution is 2.33. The van der Waals surface area contributed by atoms with E-state index >= 15 is 0 Å². The van der Waals surface area contributed by atoms with Gasteiger partial charge < -0.3 is 18.6 Å². The monoisotopic (exact) mass is 340 g/mol. The van der Waals surface area contributed by atoms with Gasteiger partial charge in [0, 0.05) is 10.0 Å². The standard InChI is InChI=1S/C14H13BrO5/c1-17-12-6-9(10(15)7-13(12)18-2)8-20-14(16)11-4-3-5-19-11/h3-7H,8H2,1-2H3. The van der Waals surface area contributed by atoms with E-state index in [1.54, 1.807) is 38.5 Å². The summed E-state index contributed by atoms with van der Waals surface area (Å²) in [7, 11) is 3.10. The molecule has 20 heavy (non-hydrogen) atoms. The summed E-state index contributed by atoms with van der Waals surface area (Å²) in [6.07, 6.45) is 1.42. The van der Waals surface area contributed by atoms with Crippen molar-refractivity contribution in [3.63, 3.8) is 0 Å². The first-order valence-electron chi connectivity index (χ1n) is 5.76. The summed E-state index contributed by atoms with van der Waals surface area (Å²) in [4.78, 5) is 11.7. The lowest BCUT2D eigenvalue weighted by atomic mass is 10.2. The highest BCUT2D eigenvalue weighted by molar-refractivity contribution is 9.10. The molecule has 1 aromatic carbocycles. The molecule has 0 saturated heterocycles. The van der Waals surface area contributed by atoms with Gasteiger partial charge in [0.1, 0.15) is 6.61 Å². The molecule has 0 fully saturated rings. The molecule has 0 atom stereocenters. The van der Waals surface area contributed by atoms with E-state index in [2.05, 4.69) is 15.9 Å². The van der Waals surface area contributed by atoms with Crippen molar-refractivity contribution in [1.82, 2.24) is 0 Å². The molecule has 2 aromatic rings. The smallest absolute Gasteiger partial charge is 0.374 e. The molecule has 1 heterocycles. The largest absolute Gasteiger partial charge is 0.493 e. The van der Waals surface area contributed by atoms with Gasteiger partial charge in [-0.05, 0) is 24.3 Å². The number of hydrogen-bond donors (Lipinski definition) is 0. The molecule has 1 aromatic heterocycles. The summed E-state index contributed by atoms with van der Waals surface area (Å²) in [5, 5.41) is 0. The SMILES string of the molecule is COc1cc(Br)c(COC(=O)c2ccco2)cc1OC. The number of halogens is 1. The summed E-state index contributed by atoms with van der Waals surface area (Å²) >= 11 is 3.40. The minimum absolute atomic E-state index is 0.0977. The second-order valence-electron chi connectivity index (χ2n) is 3.85. The van der Waals surface area contributed by atoms with E-state index < -0.39 is 5.97 Å². The van der Waals surface area contributed by atoms with Crippen LogP contribution in [0.4, 0.5) is 0 Å². The Morgan fingerprint density at radius 3 is 2.55 bits per heavy atom. The normalized spacial score (nSPS) is 10.2. The molecule has 6 heteroatoms. The van der Waals surface area contributed by atoms with E-state index in [0.717, 1.165) is 10.0 Å². The van der Waals surface area contributed by atoms with Crippen LogP contribution in [-0.2, 0) is 11.3 Å². The Balaban J connectivity index is 2.11. The first-order valence-corrected chi connectivity index (χ1v) is 6.56. The van der Waals surface area contributed by atoms with Gasteiger partial charge in [-0.15, -0.1) is 0 Å². The van der Waals surface area contributed by atoms with Gasteiger partial charge in [0.25, 0.3) is 0 Å². The Hall–Kier alpha value is -1.95. The maximum Gasteiger partial charge on any atom is 0.374 e. The zero-order chi connectivity index (χ0) is 14.5. The second-order valence-corrected chi connectivity index (χ2v) is 4.71. The summed E-state index contributed by atoms with van der Waals surface area (Å²) < 4.78 is 21.3. The number of methoxy groups -OCH3 is 2. The van der Waals surface area contributed by atoms with Gasteiger partial charge in [-0.3, -0.25) is 0 Å². The van der Waals surface area contributed by atoms with Gasteiger partial charge in [0.15, 0.2) is 11.5 Å².